The van der Waals surface area contributed by atoms with Crippen LogP contribution in [0.15, 0.2) is 22.9 Å². The van der Waals surface area contributed by atoms with E-state index in [2.05, 4.69) is 10.3 Å². The van der Waals surface area contributed by atoms with Crippen LogP contribution in [0.1, 0.15) is 31.4 Å². The van der Waals surface area contributed by atoms with Crippen molar-refractivity contribution in [3.8, 4) is 9.88 Å². The number of thiophene rings is 1. The molecule has 2 unspecified atom stereocenters. The van der Waals surface area contributed by atoms with Crippen molar-refractivity contribution in [1.82, 2.24) is 10.3 Å². The molecule has 0 saturated heterocycles. The topological polar surface area (TPSA) is 62.2 Å². The van der Waals surface area contributed by atoms with Gasteiger partial charge in [0.1, 0.15) is 5.01 Å². The summed E-state index contributed by atoms with van der Waals surface area (Å²) in [5.41, 5.74) is 0.797. The second-order valence-corrected chi connectivity index (χ2v) is 7.13. The number of rotatable bonds is 4. The number of amides is 1. The van der Waals surface area contributed by atoms with E-state index in [0.717, 1.165) is 41.3 Å². The molecule has 0 aromatic carbocycles. The number of carbonyl (C=O) groups is 1. The second-order valence-electron chi connectivity index (χ2n) is 5.32. The summed E-state index contributed by atoms with van der Waals surface area (Å²) in [6.07, 6.45) is 3.64. The van der Waals surface area contributed by atoms with Crippen molar-refractivity contribution in [3.63, 3.8) is 0 Å². The first-order valence-corrected chi connectivity index (χ1v) is 8.94. The normalized spacial score (nSPS) is 22.1. The monoisotopic (exact) mass is 322 g/mol. The maximum absolute atomic E-state index is 12.1. The number of nitrogens with zero attached hydrogens (tertiary/aromatic N) is 1. The maximum atomic E-state index is 12.1. The van der Waals surface area contributed by atoms with Gasteiger partial charge in [-0.15, -0.1) is 22.7 Å². The average Bonchev–Trinajstić information content (AvgIpc) is 3.12. The predicted octanol–water partition coefficient (Wildman–Crippen LogP) is 2.83. The quantitative estimate of drug-likeness (QED) is 0.910. The Morgan fingerprint density at radius 2 is 2.24 bits per heavy atom. The molecule has 1 saturated carbocycles. The highest BCUT2D eigenvalue weighted by atomic mass is 32.1. The lowest BCUT2D eigenvalue weighted by atomic mass is 9.92. The van der Waals surface area contributed by atoms with Crippen molar-refractivity contribution >= 4 is 28.6 Å². The lowest BCUT2D eigenvalue weighted by molar-refractivity contribution is -0.122. The highest BCUT2D eigenvalue weighted by molar-refractivity contribution is 7.20. The number of aliphatic hydroxyl groups excluding tert-OH is 1. The predicted molar refractivity (Wildman–Crippen MR) is 85.5 cm³/mol. The van der Waals surface area contributed by atoms with E-state index in [4.69, 9.17) is 0 Å². The van der Waals surface area contributed by atoms with Gasteiger partial charge in [-0.05, 0) is 24.3 Å². The zero-order valence-electron chi connectivity index (χ0n) is 11.6. The minimum Gasteiger partial charge on any atom is -0.391 e. The minimum atomic E-state index is -0.403. The molecule has 1 aliphatic carbocycles. The lowest BCUT2D eigenvalue weighted by Gasteiger charge is -2.28. The van der Waals surface area contributed by atoms with Crippen molar-refractivity contribution < 1.29 is 9.90 Å². The first-order chi connectivity index (χ1) is 10.2. The molecule has 3 rings (SSSR count). The van der Waals surface area contributed by atoms with Gasteiger partial charge in [0.05, 0.1) is 29.1 Å². The highest BCUT2D eigenvalue weighted by Gasteiger charge is 2.24. The third-order valence-corrected chi connectivity index (χ3v) is 5.63. The number of hydrogen-bond donors (Lipinski definition) is 2. The van der Waals surface area contributed by atoms with E-state index in [-0.39, 0.29) is 18.4 Å². The third-order valence-electron chi connectivity index (χ3n) is 3.70. The molecule has 0 radical (unpaired) electrons. The fourth-order valence-electron chi connectivity index (χ4n) is 2.60. The third kappa shape index (κ3) is 3.70. The molecule has 4 nitrogen and oxygen atoms in total. The van der Waals surface area contributed by atoms with E-state index >= 15 is 0 Å². The van der Waals surface area contributed by atoms with Gasteiger partial charge in [-0.1, -0.05) is 18.9 Å². The Labute approximate surface area is 131 Å². The van der Waals surface area contributed by atoms with E-state index in [1.165, 1.54) is 0 Å². The van der Waals surface area contributed by atoms with Crippen molar-refractivity contribution in [2.45, 2.75) is 44.2 Å². The number of carbonyl (C=O) groups excluding carboxylic acids is 1. The van der Waals surface area contributed by atoms with Crippen molar-refractivity contribution in [2.75, 3.05) is 0 Å². The van der Waals surface area contributed by atoms with Gasteiger partial charge >= 0.3 is 0 Å². The standard InChI is InChI=1S/C15H18N2O2S2/c18-12-5-2-1-4-11(12)17-14(19)8-10-9-21-15(16-10)13-6-3-7-20-13/h3,6-7,9,11-12,18H,1-2,4-5,8H2,(H,17,19). The van der Waals surface area contributed by atoms with Crippen LogP contribution in [0.3, 0.4) is 0 Å². The summed E-state index contributed by atoms with van der Waals surface area (Å²) < 4.78 is 0. The van der Waals surface area contributed by atoms with Gasteiger partial charge in [-0.2, -0.15) is 0 Å². The van der Waals surface area contributed by atoms with E-state index in [9.17, 15) is 9.90 Å². The molecule has 2 aromatic heterocycles. The smallest absolute Gasteiger partial charge is 0.226 e. The first-order valence-electron chi connectivity index (χ1n) is 7.18. The molecular formula is C15H18N2O2S2. The number of aromatic nitrogens is 1. The Balaban J connectivity index is 1.57. The first kappa shape index (κ1) is 14.7. The Bertz CT molecular complexity index is 595. The van der Waals surface area contributed by atoms with Crippen molar-refractivity contribution in [2.24, 2.45) is 0 Å². The Kier molecular flexibility index (Phi) is 4.67. The van der Waals surface area contributed by atoms with E-state index in [1.807, 2.05) is 22.9 Å². The fourth-order valence-corrected chi connectivity index (χ4v) is 4.24. The molecule has 21 heavy (non-hydrogen) atoms. The number of aliphatic hydroxyl groups is 1. The molecular weight excluding hydrogens is 304 g/mol. The van der Waals surface area contributed by atoms with E-state index in [0.29, 0.717) is 0 Å². The van der Waals surface area contributed by atoms with Crippen molar-refractivity contribution in [1.29, 1.82) is 0 Å². The zero-order chi connectivity index (χ0) is 14.7. The summed E-state index contributed by atoms with van der Waals surface area (Å²) in [5, 5.41) is 17.7. The fraction of sp³-hybridized carbons (Fsp3) is 0.467. The van der Waals surface area contributed by atoms with Crippen LogP contribution < -0.4 is 5.32 Å². The molecule has 112 valence electrons. The Hall–Kier alpha value is -1.24. The molecule has 1 fully saturated rings. The summed E-state index contributed by atoms with van der Waals surface area (Å²) >= 11 is 3.22. The van der Waals surface area contributed by atoms with Gasteiger partial charge < -0.3 is 10.4 Å². The molecule has 2 N–H and O–H groups in total. The number of thiazole rings is 1. The van der Waals surface area contributed by atoms with Gasteiger partial charge in [0.2, 0.25) is 5.91 Å². The molecule has 6 heteroatoms. The molecule has 0 spiro atoms. The molecule has 0 aliphatic heterocycles. The van der Waals surface area contributed by atoms with Crippen LogP contribution in [0.25, 0.3) is 9.88 Å². The average molecular weight is 322 g/mol. The van der Waals surface area contributed by atoms with Gasteiger partial charge in [0, 0.05) is 5.38 Å². The highest BCUT2D eigenvalue weighted by Crippen LogP contribution is 2.28. The summed E-state index contributed by atoms with van der Waals surface area (Å²) in [6.45, 7) is 0. The summed E-state index contributed by atoms with van der Waals surface area (Å²) in [7, 11) is 0. The maximum Gasteiger partial charge on any atom is 0.226 e. The molecule has 2 aromatic rings. The number of nitrogens with one attached hydrogen (secondary N) is 1. The van der Waals surface area contributed by atoms with Crippen LogP contribution in [0.4, 0.5) is 0 Å². The molecule has 1 amide bonds. The number of hydrogen-bond acceptors (Lipinski definition) is 5. The van der Waals surface area contributed by atoms with Crippen LogP contribution in [0.2, 0.25) is 0 Å². The van der Waals surface area contributed by atoms with Gasteiger partial charge in [0.15, 0.2) is 0 Å². The summed E-state index contributed by atoms with van der Waals surface area (Å²) in [4.78, 5) is 17.7. The molecule has 0 bridgehead atoms. The van der Waals surface area contributed by atoms with Gasteiger partial charge in [-0.3, -0.25) is 4.79 Å². The van der Waals surface area contributed by atoms with Crippen LogP contribution in [0.5, 0.6) is 0 Å². The van der Waals surface area contributed by atoms with Crippen molar-refractivity contribution in [3.05, 3.63) is 28.6 Å². The zero-order valence-corrected chi connectivity index (χ0v) is 13.3. The lowest BCUT2D eigenvalue weighted by Crippen LogP contribution is -2.45. The van der Waals surface area contributed by atoms with E-state index < -0.39 is 6.10 Å². The summed E-state index contributed by atoms with van der Waals surface area (Å²) in [5.74, 6) is -0.0519. The second kappa shape index (κ2) is 6.68. The summed E-state index contributed by atoms with van der Waals surface area (Å²) in [6, 6.07) is 3.94. The largest absolute Gasteiger partial charge is 0.391 e. The molecule has 1 aliphatic rings. The Morgan fingerprint density at radius 1 is 1.38 bits per heavy atom. The van der Waals surface area contributed by atoms with Crippen LogP contribution in [-0.2, 0) is 11.2 Å². The molecule has 2 heterocycles. The SMILES string of the molecule is O=C(Cc1csc(-c2cccs2)n1)NC1CCCCC1O. The Morgan fingerprint density at radius 3 is 3.00 bits per heavy atom. The van der Waals surface area contributed by atoms with E-state index in [1.54, 1.807) is 22.7 Å². The van der Waals surface area contributed by atoms with Gasteiger partial charge in [-0.25, -0.2) is 4.98 Å². The minimum absolute atomic E-state index is 0.0519. The molecule has 2 atom stereocenters. The van der Waals surface area contributed by atoms with Gasteiger partial charge in [0.25, 0.3) is 0 Å². The van der Waals surface area contributed by atoms with Crippen LogP contribution >= 0.6 is 22.7 Å². The van der Waals surface area contributed by atoms with Crippen LogP contribution in [-0.4, -0.2) is 28.1 Å². The van der Waals surface area contributed by atoms with Crippen LogP contribution in [0, 0.1) is 0 Å².